The number of furan rings is 1. The normalized spacial score (nSPS) is 11.0. The number of rotatable bonds is 2. The van der Waals surface area contributed by atoms with Gasteiger partial charge in [-0.2, -0.15) is 4.98 Å². The standard InChI is InChI=1S/C9H11N3OS/c1-3-14-9-11-7(10)6-5(2)4-13-8(6)12-9/h4H,3H2,1-2H3,(H2,10,11,12). The van der Waals surface area contributed by atoms with Gasteiger partial charge in [0.25, 0.3) is 0 Å². The number of anilines is 1. The van der Waals surface area contributed by atoms with Gasteiger partial charge in [0, 0.05) is 5.56 Å². The fraction of sp³-hybridized carbons (Fsp3) is 0.333. The molecule has 2 rings (SSSR count). The monoisotopic (exact) mass is 209 g/mol. The minimum atomic E-state index is 0.497. The number of nitrogens with two attached hydrogens (primary N) is 1. The fourth-order valence-electron chi connectivity index (χ4n) is 1.29. The first-order valence-corrected chi connectivity index (χ1v) is 5.35. The highest BCUT2D eigenvalue weighted by Gasteiger charge is 2.10. The van der Waals surface area contributed by atoms with Crippen LogP contribution in [0.5, 0.6) is 0 Å². The van der Waals surface area contributed by atoms with Crippen LogP contribution in [0.15, 0.2) is 15.8 Å². The van der Waals surface area contributed by atoms with Crippen molar-refractivity contribution in [3.8, 4) is 0 Å². The molecule has 2 heterocycles. The van der Waals surface area contributed by atoms with Gasteiger partial charge in [0.15, 0.2) is 5.16 Å². The second-order valence-electron chi connectivity index (χ2n) is 2.92. The van der Waals surface area contributed by atoms with Crippen LogP contribution in [0.3, 0.4) is 0 Å². The van der Waals surface area contributed by atoms with E-state index in [1.54, 1.807) is 18.0 Å². The molecule has 2 N–H and O–H groups in total. The number of hydrogen-bond donors (Lipinski definition) is 1. The molecule has 0 aliphatic heterocycles. The Balaban J connectivity index is 2.62. The van der Waals surface area contributed by atoms with Gasteiger partial charge < -0.3 is 10.2 Å². The molecular formula is C9H11N3OS. The minimum Gasteiger partial charge on any atom is -0.446 e. The summed E-state index contributed by atoms with van der Waals surface area (Å²) in [6.45, 7) is 3.97. The summed E-state index contributed by atoms with van der Waals surface area (Å²) in [5, 5.41) is 1.50. The Morgan fingerprint density at radius 2 is 2.29 bits per heavy atom. The molecule has 0 atom stereocenters. The van der Waals surface area contributed by atoms with Crippen LogP contribution in [-0.2, 0) is 0 Å². The van der Waals surface area contributed by atoms with Crippen molar-refractivity contribution in [2.45, 2.75) is 19.0 Å². The number of thioether (sulfide) groups is 1. The topological polar surface area (TPSA) is 64.9 Å². The van der Waals surface area contributed by atoms with Gasteiger partial charge in [-0.15, -0.1) is 0 Å². The summed E-state index contributed by atoms with van der Waals surface area (Å²) < 4.78 is 5.27. The minimum absolute atomic E-state index is 0.497. The predicted molar refractivity (Wildman–Crippen MR) is 57.4 cm³/mol. The molecule has 0 aromatic carbocycles. The number of aryl methyl sites for hydroxylation is 1. The quantitative estimate of drug-likeness (QED) is 0.607. The zero-order chi connectivity index (χ0) is 10.1. The van der Waals surface area contributed by atoms with Crippen molar-refractivity contribution in [1.82, 2.24) is 9.97 Å². The highest BCUT2D eigenvalue weighted by Crippen LogP contribution is 2.26. The summed E-state index contributed by atoms with van der Waals surface area (Å²) >= 11 is 1.55. The Morgan fingerprint density at radius 1 is 1.50 bits per heavy atom. The molecule has 0 amide bonds. The third kappa shape index (κ3) is 1.43. The molecule has 14 heavy (non-hydrogen) atoms. The first kappa shape index (κ1) is 9.33. The maximum Gasteiger partial charge on any atom is 0.232 e. The van der Waals surface area contributed by atoms with Crippen LogP contribution in [0.25, 0.3) is 11.1 Å². The van der Waals surface area contributed by atoms with Crippen molar-refractivity contribution in [3.05, 3.63) is 11.8 Å². The van der Waals surface area contributed by atoms with E-state index in [2.05, 4.69) is 9.97 Å². The Hall–Kier alpha value is -1.23. The lowest BCUT2D eigenvalue weighted by Crippen LogP contribution is -1.96. The highest BCUT2D eigenvalue weighted by atomic mass is 32.2. The number of nitrogen functional groups attached to an aromatic ring is 1. The van der Waals surface area contributed by atoms with Crippen molar-refractivity contribution < 1.29 is 4.42 Å². The molecule has 0 bridgehead atoms. The van der Waals surface area contributed by atoms with Gasteiger partial charge >= 0.3 is 0 Å². The molecule has 5 heteroatoms. The summed E-state index contributed by atoms with van der Waals surface area (Å²) in [4.78, 5) is 8.45. The lowest BCUT2D eigenvalue weighted by molar-refractivity contribution is 0.595. The Labute approximate surface area is 85.9 Å². The third-order valence-electron chi connectivity index (χ3n) is 1.90. The fourth-order valence-corrected chi connectivity index (χ4v) is 1.86. The number of hydrogen-bond acceptors (Lipinski definition) is 5. The molecule has 2 aromatic rings. The van der Waals surface area contributed by atoms with E-state index in [1.165, 1.54) is 0 Å². The van der Waals surface area contributed by atoms with Crippen LogP contribution in [0.2, 0.25) is 0 Å². The second-order valence-corrected chi connectivity index (χ2v) is 4.15. The lowest BCUT2D eigenvalue weighted by Gasteiger charge is -1.99. The molecule has 2 aromatic heterocycles. The molecular weight excluding hydrogens is 198 g/mol. The van der Waals surface area contributed by atoms with E-state index in [0.717, 1.165) is 16.7 Å². The maximum atomic E-state index is 5.81. The van der Waals surface area contributed by atoms with Crippen LogP contribution >= 0.6 is 11.8 Å². The summed E-state index contributed by atoms with van der Waals surface area (Å²) in [5.41, 5.74) is 7.36. The molecule has 0 spiro atoms. The van der Waals surface area contributed by atoms with Crippen LogP contribution in [-0.4, -0.2) is 15.7 Å². The first-order valence-electron chi connectivity index (χ1n) is 4.36. The summed E-state index contributed by atoms with van der Waals surface area (Å²) in [6, 6.07) is 0. The van der Waals surface area contributed by atoms with Gasteiger partial charge in [-0.25, -0.2) is 4.98 Å². The van der Waals surface area contributed by atoms with Crippen LogP contribution in [0.1, 0.15) is 12.5 Å². The zero-order valence-electron chi connectivity index (χ0n) is 8.07. The SMILES string of the molecule is CCSc1nc(N)c2c(C)coc2n1. The van der Waals surface area contributed by atoms with Crippen LogP contribution in [0, 0.1) is 6.92 Å². The van der Waals surface area contributed by atoms with Crippen molar-refractivity contribution in [2.24, 2.45) is 0 Å². The van der Waals surface area contributed by atoms with Gasteiger partial charge in [-0.3, -0.25) is 0 Å². The number of nitrogens with zero attached hydrogens (tertiary/aromatic N) is 2. The van der Waals surface area contributed by atoms with Gasteiger partial charge in [-0.1, -0.05) is 18.7 Å². The van der Waals surface area contributed by atoms with Crippen molar-refractivity contribution in [1.29, 1.82) is 0 Å². The molecule has 0 fully saturated rings. The maximum absolute atomic E-state index is 5.81. The van der Waals surface area contributed by atoms with E-state index in [0.29, 0.717) is 16.7 Å². The average molecular weight is 209 g/mol. The van der Waals surface area contributed by atoms with Gasteiger partial charge in [0.05, 0.1) is 11.6 Å². The molecule has 0 unspecified atom stereocenters. The van der Waals surface area contributed by atoms with Gasteiger partial charge in [0.2, 0.25) is 5.71 Å². The molecule has 0 saturated carbocycles. The molecule has 0 radical (unpaired) electrons. The third-order valence-corrected chi connectivity index (χ3v) is 2.63. The molecule has 0 saturated heterocycles. The average Bonchev–Trinajstić information content (AvgIpc) is 2.48. The van der Waals surface area contributed by atoms with E-state index < -0.39 is 0 Å². The second kappa shape index (κ2) is 3.49. The zero-order valence-corrected chi connectivity index (χ0v) is 8.89. The van der Waals surface area contributed by atoms with Crippen molar-refractivity contribution in [3.63, 3.8) is 0 Å². The van der Waals surface area contributed by atoms with Crippen LogP contribution < -0.4 is 5.73 Å². The van der Waals surface area contributed by atoms with Gasteiger partial charge in [0.1, 0.15) is 5.82 Å². The summed E-state index contributed by atoms with van der Waals surface area (Å²) in [5.74, 6) is 1.42. The predicted octanol–water partition coefficient (Wildman–Crippen LogP) is 2.23. The Morgan fingerprint density at radius 3 is 3.00 bits per heavy atom. The first-order chi connectivity index (χ1) is 6.72. The molecule has 4 nitrogen and oxygen atoms in total. The van der Waals surface area contributed by atoms with E-state index in [4.69, 9.17) is 10.2 Å². The molecule has 74 valence electrons. The van der Waals surface area contributed by atoms with E-state index in [1.807, 2.05) is 13.8 Å². The summed E-state index contributed by atoms with van der Waals surface area (Å²) in [6.07, 6.45) is 1.65. The number of aromatic nitrogens is 2. The van der Waals surface area contributed by atoms with E-state index in [-0.39, 0.29) is 0 Å². The summed E-state index contributed by atoms with van der Waals surface area (Å²) in [7, 11) is 0. The highest BCUT2D eigenvalue weighted by molar-refractivity contribution is 7.99. The largest absolute Gasteiger partial charge is 0.446 e. The van der Waals surface area contributed by atoms with E-state index >= 15 is 0 Å². The van der Waals surface area contributed by atoms with Gasteiger partial charge in [-0.05, 0) is 12.7 Å². The van der Waals surface area contributed by atoms with Crippen molar-refractivity contribution in [2.75, 3.05) is 11.5 Å². The number of fused-ring (bicyclic) bond motifs is 1. The van der Waals surface area contributed by atoms with Crippen LogP contribution in [0.4, 0.5) is 5.82 Å². The van der Waals surface area contributed by atoms with Crippen molar-refractivity contribution >= 4 is 28.7 Å². The smallest absolute Gasteiger partial charge is 0.232 e. The Kier molecular flexibility index (Phi) is 2.33. The molecule has 0 aliphatic carbocycles. The molecule has 0 aliphatic rings. The lowest BCUT2D eigenvalue weighted by atomic mass is 10.2. The van der Waals surface area contributed by atoms with E-state index in [9.17, 15) is 0 Å². The Bertz CT molecular complexity index is 466.